The predicted octanol–water partition coefficient (Wildman–Crippen LogP) is 17.4. The lowest BCUT2D eigenvalue weighted by molar-refractivity contribution is 0.215. The van der Waals surface area contributed by atoms with Gasteiger partial charge in [-0.15, -0.1) is 0 Å². The zero-order chi connectivity index (χ0) is 52.6. The molecule has 3 heterocycles. The summed E-state index contributed by atoms with van der Waals surface area (Å²) < 4.78 is 0. The van der Waals surface area contributed by atoms with Crippen molar-refractivity contribution in [1.82, 2.24) is 0 Å². The highest BCUT2D eigenvalue weighted by atomic mass is 15.3. The molecule has 0 aromatic heterocycles. The third-order valence-electron chi connectivity index (χ3n) is 18.0. The summed E-state index contributed by atoms with van der Waals surface area (Å²) in [4.78, 5) is 8.05. The van der Waals surface area contributed by atoms with Crippen LogP contribution in [0.2, 0.25) is 0 Å². The maximum Gasteiger partial charge on any atom is 0.252 e. The maximum atomic E-state index is 2.79. The summed E-state index contributed by atoms with van der Waals surface area (Å²) >= 11 is 0. The van der Waals surface area contributed by atoms with E-state index in [0.717, 1.165) is 12.8 Å². The monoisotopic (exact) mass is 982 g/mol. The van der Waals surface area contributed by atoms with Crippen LogP contribution >= 0.6 is 0 Å². The second-order valence-electron chi connectivity index (χ2n) is 26.8. The van der Waals surface area contributed by atoms with E-state index in [9.17, 15) is 0 Å². The lowest BCUT2D eigenvalue weighted by Gasteiger charge is -2.52. The molecule has 378 valence electrons. The van der Waals surface area contributed by atoms with E-state index in [1.54, 1.807) is 0 Å². The summed E-state index contributed by atoms with van der Waals surface area (Å²) in [5.41, 5.74) is 24.2. The van der Waals surface area contributed by atoms with Crippen LogP contribution in [0.5, 0.6) is 0 Å². The number of anilines is 8. The molecule has 0 spiro atoms. The van der Waals surface area contributed by atoms with Crippen molar-refractivity contribution in [2.45, 2.75) is 148 Å². The first-order chi connectivity index (χ1) is 35.6. The summed E-state index contributed by atoms with van der Waals surface area (Å²) in [7, 11) is 0. The van der Waals surface area contributed by atoms with Crippen molar-refractivity contribution in [3.63, 3.8) is 0 Å². The zero-order valence-corrected chi connectivity index (χ0v) is 47.0. The fourth-order valence-electron chi connectivity index (χ4n) is 13.9. The Morgan fingerprint density at radius 1 is 0.400 bits per heavy atom. The quantitative estimate of drug-likeness (QED) is 0.159. The van der Waals surface area contributed by atoms with Crippen LogP contribution < -0.4 is 31.1 Å². The van der Waals surface area contributed by atoms with E-state index in [1.807, 2.05) is 0 Å². The van der Waals surface area contributed by atoms with Gasteiger partial charge in [-0.05, 0) is 157 Å². The SMILES string of the molecule is CC(C)(C)c1ccc(N2c3cc(N4c5ccccc5C5(c6ccc(C(C)(C)C)cc6)CCCCC45C)ccc3B3c4ccccc4N(c4ccc(C(C)(C)C)cc4-c4ccccc4)c4cc(C(C)(C)C)cc2c43)cc1. The topological polar surface area (TPSA) is 9.72 Å². The maximum absolute atomic E-state index is 2.79. The summed E-state index contributed by atoms with van der Waals surface area (Å²) in [6, 6.07) is 68.9. The molecule has 1 aliphatic carbocycles. The third-order valence-corrected chi connectivity index (χ3v) is 18.0. The number of nitrogens with zero attached hydrogens (tertiary/aromatic N) is 3. The van der Waals surface area contributed by atoms with Gasteiger partial charge in [0.2, 0.25) is 0 Å². The second kappa shape index (κ2) is 17.1. The Kier molecular flexibility index (Phi) is 11.2. The second-order valence-corrected chi connectivity index (χ2v) is 26.8. The van der Waals surface area contributed by atoms with Crippen molar-refractivity contribution in [1.29, 1.82) is 0 Å². The Morgan fingerprint density at radius 3 is 1.59 bits per heavy atom. The van der Waals surface area contributed by atoms with E-state index >= 15 is 0 Å². The van der Waals surface area contributed by atoms with Gasteiger partial charge < -0.3 is 14.7 Å². The number of hydrogen-bond donors (Lipinski definition) is 0. The van der Waals surface area contributed by atoms with Gasteiger partial charge in [-0.3, -0.25) is 0 Å². The van der Waals surface area contributed by atoms with E-state index in [2.05, 4.69) is 281 Å². The number of rotatable bonds is 5. The van der Waals surface area contributed by atoms with Gasteiger partial charge in [0, 0.05) is 50.8 Å². The van der Waals surface area contributed by atoms with Gasteiger partial charge in [0.25, 0.3) is 6.71 Å². The molecule has 1 fully saturated rings. The Hall–Kier alpha value is -6.78. The van der Waals surface area contributed by atoms with Gasteiger partial charge in [0.05, 0.1) is 11.2 Å². The molecular formula is C71H76BN3. The summed E-state index contributed by atoms with van der Waals surface area (Å²) in [6.45, 7) is 30.6. The van der Waals surface area contributed by atoms with Gasteiger partial charge in [0.15, 0.2) is 0 Å². The van der Waals surface area contributed by atoms with Crippen molar-refractivity contribution in [3.05, 3.63) is 209 Å². The van der Waals surface area contributed by atoms with Crippen LogP contribution in [0, 0.1) is 0 Å². The summed E-state index contributed by atoms with van der Waals surface area (Å²) in [5, 5.41) is 0. The first-order valence-electron chi connectivity index (χ1n) is 27.9. The lowest BCUT2D eigenvalue weighted by Crippen LogP contribution is -2.61. The van der Waals surface area contributed by atoms with E-state index in [4.69, 9.17) is 0 Å². The van der Waals surface area contributed by atoms with Gasteiger partial charge >= 0.3 is 0 Å². The number of para-hydroxylation sites is 2. The fraction of sp³-hybridized carbons (Fsp3) is 0.324. The molecule has 75 heavy (non-hydrogen) atoms. The van der Waals surface area contributed by atoms with Crippen LogP contribution in [0.25, 0.3) is 11.1 Å². The Balaban J connectivity index is 1.13. The molecule has 4 aliphatic rings. The van der Waals surface area contributed by atoms with E-state index in [0.29, 0.717) is 0 Å². The minimum atomic E-state index is -0.207. The smallest absolute Gasteiger partial charge is 0.252 e. The molecule has 0 N–H and O–H groups in total. The Morgan fingerprint density at radius 2 is 0.933 bits per heavy atom. The Bertz CT molecular complexity index is 3510. The standard InChI is InChI=1S/C71H76BN3/c1-66(2,3)48-29-31-50(32-30-48)71-42-22-21-41-70(71,13)75(60-27-19-17-25-56(60)71)54-38-39-58-62(46-54)73(53-36-33-49(34-37-53)67(4,5)6)63-44-52(69(10,11)12)45-64-65(63)72(58)57-26-18-20-28-61(57)74(64)59-40-35-51(68(7,8)9)43-55(59)47-23-15-14-16-24-47/h14-20,23-40,43-46H,21-22,41-42H2,1-13H3. The molecule has 8 aromatic rings. The molecule has 0 saturated heterocycles. The van der Waals surface area contributed by atoms with Crippen molar-refractivity contribution >= 4 is 68.6 Å². The molecule has 3 nitrogen and oxygen atoms in total. The molecule has 3 aliphatic heterocycles. The highest BCUT2D eigenvalue weighted by Crippen LogP contribution is 2.64. The third kappa shape index (κ3) is 7.66. The van der Waals surface area contributed by atoms with Gasteiger partial charge in [-0.2, -0.15) is 0 Å². The molecule has 4 heteroatoms. The molecule has 0 amide bonds. The van der Waals surface area contributed by atoms with E-state index < -0.39 is 0 Å². The van der Waals surface area contributed by atoms with Crippen LogP contribution in [-0.4, -0.2) is 12.3 Å². The number of fused-ring (bicyclic) bond motifs is 7. The number of benzene rings is 8. The normalized spacial score (nSPS) is 19.1. The van der Waals surface area contributed by atoms with E-state index in [-0.39, 0.29) is 39.3 Å². The average Bonchev–Trinajstić information content (AvgIpc) is 3.72. The van der Waals surface area contributed by atoms with Crippen molar-refractivity contribution in [2.75, 3.05) is 14.7 Å². The first kappa shape index (κ1) is 49.1. The van der Waals surface area contributed by atoms with Gasteiger partial charge in [-0.1, -0.05) is 211 Å². The Labute approximate surface area is 449 Å². The molecule has 2 atom stereocenters. The fourth-order valence-corrected chi connectivity index (χ4v) is 13.9. The molecule has 1 saturated carbocycles. The minimum absolute atomic E-state index is 0.00352. The molecular weight excluding hydrogens is 906 g/mol. The molecule has 12 rings (SSSR count). The van der Waals surface area contributed by atoms with Crippen molar-refractivity contribution in [2.24, 2.45) is 0 Å². The predicted molar refractivity (Wildman–Crippen MR) is 323 cm³/mol. The average molecular weight is 982 g/mol. The van der Waals surface area contributed by atoms with E-state index in [1.165, 1.54) is 119 Å². The van der Waals surface area contributed by atoms with Gasteiger partial charge in [-0.25, -0.2) is 0 Å². The van der Waals surface area contributed by atoms with Crippen LogP contribution in [0.4, 0.5) is 45.5 Å². The first-order valence-corrected chi connectivity index (χ1v) is 27.9. The molecule has 0 radical (unpaired) electrons. The van der Waals surface area contributed by atoms with Crippen molar-refractivity contribution < 1.29 is 0 Å². The molecule has 0 bridgehead atoms. The number of hydrogen-bond acceptors (Lipinski definition) is 3. The van der Waals surface area contributed by atoms with Crippen LogP contribution in [0.3, 0.4) is 0 Å². The van der Waals surface area contributed by atoms with Crippen LogP contribution in [-0.2, 0) is 27.1 Å². The zero-order valence-electron chi connectivity index (χ0n) is 47.0. The summed E-state index contributed by atoms with van der Waals surface area (Å²) in [5.74, 6) is 0. The highest BCUT2D eigenvalue weighted by molar-refractivity contribution is 7.00. The minimum Gasteiger partial charge on any atom is -0.334 e. The van der Waals surface area contributed by atoms with Crippen molar-refractivity contribution in [3.8, 4) is 11.1 Å². The lowest BCUT2D eigenvalue weighted by atomic mass is 9.33. The van der Waals surface area contributed by atoms with Gasteiger partial charge in [0.1, 0.15) is 0 Å². The molecule has 8 aromatic carbocycles. The highest BCUT2D eigenvalue weighted by Gasteiger charge is 2.61. The summed E-state index contributed by atoms with van der Waals surface area (Å²) in [6.07, 6.45) is 4.63. The van der Waals surface area contributed by atoms with Crippen LogP contribution in [0.1, 0.15) is 149 Å². The van der Waals surface area contributed by atoms with Crippen LogP contribution in [0.15, 0.2) is 176 Å². The largest absolute Gasteiger partial charge is 0.334 e. The molecule has 2 unspecified atom stereocenters.